The Hall–Kier alpha value is -1.82. The highest BCUT2D eigenvalue weighted by Gasteiger charge is 1.99. The zero-order chi connectivity index (χ0) is 8.97. The number of terminal acetylenes is 1. The van der Waals surface area contributed by atoms with Gasteiger partial charge in [0, 0.05) is 6.07 Å². The molecule has 0 heterocycles. The van der Waals surface area contributed by atoms with Crippen molar-refractivity contribution in [3.8, 4) is 23.8 Å². The van der Waals surface area contributed by atoms with E-state index in [1.54, 1.807) is 0 Å². The van der Waals surface area contributed by atoms with Crippen molar-refractivity contribution in [2.24, 2.45) is 0 Å². The number of hydrogen-bond acceptors (Lipinski definition) is 3. The Balaban J connectivity index is 2.84. The van der Waals surface area contributed by atoms with Gasteiger partial charge in [0.05, 0.1) is 12.2 Å². The number of benzene rings is 1. The van der Waals surface area contributed by atoms with Crippen molar-refractivity contribution >= 4 is 5.69 Å². The summed E-state index contributed by atoms with van der Waals surface area (Å²) in [6, 6.07) is 4.21. The van der Waals surface area contributed by atoms with Gasteiger partial charge in [-0.15, -0.1) is 6.42 Å². The molecule has 0 atom stereocenters. The first kappa shape index (κ1) is 8.28. The molecule has 3 nitrogen and oxygen atoms in total. The van der Waals surface area contributed by atoms with Crippen LogP contribution < -0.4 is 5.32 Å². The zero-order valence-electron chi connectivity index (χ0n) is 6.41. The van der Waals surface area contributed by atoms with Crippen LogP contribution >= 0.6 is 0 Å². The average molecular weight is 163 g/mol. The molecule has 1 aromatic rings. The van der Waals surface area contributed by atoms with E-state index in [-0.39, 0.29) is 11.5 Å². The third-order valence-electron chi connectivity index (χ3n) is 1.36. The van der Waals surface area contributed by atoms with Crippen LogP contribution in [-0.2, 0) is 0 Å². The van der Waals surface area contributed by atoms with Gasteiger partial charge in [-0.1, -0.05) is 5.92 Å². The van der Waals surface area contributed by atoms with Gasteiger partial charge in [-0.05, 0) is 12.1 Å². The molecule has 0 aliphatic carbocycles. The lowest BCUT2D eigenvalue weighted by atomic mass is 10.3. The SMILES string of the molecule is C#CCNc1cc(O)ccc1O. The fourth-order valence-electron chi connectivity index (χ4n) is 0.812. The lowest BCUT2D eigenvalue weighted by Crippen LogP contribution is -1.97. The molecule has 1 aromatic carbocycles. The third kappa shape index (κ3) is 1.83. The summed E-state index contributed by atoms with van der Waals surface area (Å²) in [5, 5.41) is 21.0. The molecule has 3 N–H and O–H groups in total. The molecule has 12 heavy (non-hydrogen) atoms. The average Bonchev–Trinajstić information content (AvgIpc) is 2.07. The summed E-state index contributed by atoms with van der Waals surface area (Å²) in [5.41, 5.74) is 0.438. The molecule has 0 spiro atoms. The van der Waals surface area contributed by atoms with Crippen LogP contribution in [0.1, 0.15) is 0 Å². The van der Waals surface area contributed by atoms with Gasteiger partial charge in [0.1, 0.15) is 11.5 Å². The number of rotatable bonds is 2. The van der Waals surface area contributed by atoms with Crippen molar-refractivity contribution in [2.45, 2.75) is 0 Å². The monoisotopic (exact) mass is 163 g/mol. The van der Waals surface area contributed by atoms with Crippen LogP contribution in [0.4, 0.5) is 5.69 Å². The van der Waals surface area contributed by atoms with Crippen molar-refractivity contribution < 1.29 is 10.2 Å². The van der Waals surface area contributed by atoms with E-state index in [1.807, 2.05) is 0 Å². The van der Waals surface area contributed by atoms with Gasteiger partial charge in [-0.3, -0.25) is 0 Å². The summed E-state index contributed by atoms with van der Waals surface area (Å²) in [7, 11) is 0. The van der Waals surface area contributed by atoms with Crippen LogP contribution in [0.15, 0.2) is 18.2 Å². The molecule has 0 fully saturated rings. The second-order valence-electron chi connectivity index (χ2n) is 2.26. The molecule has 0 aromatic heterocycles. The minimum absolute atomic E-state index is 0.0723. The molecule has 0 saturated heterocycles. The summed E-state index contributed by atoms with van der Waals surface area (Å²) in [4.78, 5) is 0. The Bertz CT molecular complexity index is 315. The smallest absolute Gasteiger partial charge is 0.138 e. The molecule has 3 heteroatoms. The number of nitrogens with one attached hydrogen (secondary N) is 1. The van der Waals surface area contributed by atoms with Gasteiger partial charge in [0.25, 0.3) is 0 Å². The van der Waals surface area contributed by atoms with Crippen LogP contribution in [0, 0.1) is 12.3 Å². The number of aromatic hydroxyl groups is 2. The maximum Gasteiger partial charge on any atom is 0.138 e. The highest BCUT2D eigenvalue weighted by Crippen LogP contribution is 2.26. The lowest BCUT2D eigenvalue weighted by molar-refractivity contribution is 0.462. The molecule has 0 aliphatic heterocycles. The Morgan fingerprint density at radius 2 is 2.17 bits per heavy atom. The highest BCUT2D eigenvalue weighted by atomic mass is 16.3. The minimum atomic E-state index is 0.0723. The van der Waals surface area contributed by atoms with Gasteiger partial charge in [0.15, 0.2) is 0 Å². The molecule has 62 valence electrons. The van der Waals surface area contributed by atoms with Crippen LogP contribution in [0.5, 0.6) is 11.5 Å². The molecule has 0 unspecified atom stereocenters. The molecule has 0 radical (unpaired) electrons. The standard InChI is InChI=1S/C9H9NO2/c1-2-5-10-8-6-7(11)3-4-9(8)12/h1,3-4,6,10-12H,5H2. The fraction of sp³-hybridized carbons (Fsp3) is 0.111. The first-order valence-corrected chi connectivity index (χ1v) is 3.43. The topological polar surface area (TPSA) is 52.5 Å². The van der Waals surface area contributed by atoms with Crippen LogP contribution in [0.2, 0.25) is 0 Å². The van der Waals surface area contributed by atoms with Gasteiger partial charge < -0.3 is 15.5 Å². The lowest BCUT2D eigenvalue weighted by Gasteiger charge is -2.04. The van der Waals surface area contributed by atoms with Gasteiger partial charge in [-0.2, -0.15) is 0 Å². The minimum Gasteiger partial charge on any atom is -0.508 e. The summed E-state index contributed by atoms with van der Waals surface area (Å²) in [6.45, 7) is 0.316. The summed E-state index contributed by atoms with van der Waals surface area (Å²) < 4.78 is 0. The van der Waals surface area contributed by atoms with E-state index in [1.165, 1.54) is 18.2 Å². The van der Waals surface area contributed by atoms with E-state index in [9.17, 15) is 5.11 Å². The van der Waals surface area contributed by atoms with Crippen molar-refractivity contribution in [1.82, 2.24) is 0 Å². The van der Waals surface area contributed by atoms with Gasteiger partial charge in [0.2, 0.25) is 0 Å². The Morgan fingerprint density at radius 3 is 2.83 bits per heavy atom. The normalized spacial score (nSPS) is 8.92. The first-order valence-electron chi connectivity index (χ1n) is 3.43. The number of phenols is 2. The second kappa shape index (κ2) is 3.54. The van der Waals surface area contributed by atoms with Crippen molar-refractivity contribution in [3.05, 3.63) is 18.2 Å². The maximum atomic E-state index is 9.22. The molecule has 0 aliphatic rings. The third-order valence-corrected chi connectivity index (χ3v) is 1.36. The zero-order valence-corrected chi connectivity index (χ0v) is 6.41. The van der Waals surface area contributed by atoms with Crippen LogP contribution in [0.3, 0.4) is 0 Å². The molecular formula is C9H9NO2. The van der Waals surface area contributed by atoms with Crippen molar-refractivity contribution in [3.63, 3.8) is 0 Å². The van der Waals surface area contributed by atoms with Crippen molar-refractivity contribution in [1.29, 1.82) is 0 Å². The van der Waals surface area contributed by atoms with Gasteiger partial charge in [-0.25, -0.2) is 0 Å². The summed E-state index contributed by atoms with van der Waals surface area (Å²) in [6.07, 6.45) is 5.01. The molecular weight excluding hydrogens is 154 g/mol. The molecule has 0 saturated carbocycles. The molecule has 0 amide bonds. The molecule has 0 bridgehead atoms. The highest BCUT2D eigenvalue weighted by molar-refractivity contribution is 5.59. The predicted molar refractivity (Wildman–Crippen MR) is 47.1 cm³/mol. The number of phenolic OH excluding ortho intramolecular Hbond substituents is 2. The Labute approximate surface area is 70.7 Å². The van der Waals surface area contributed by atoms with Gasteiger partial charge >= 0.3 is 0 Å². The second-order valence-corrected chi connectivity index (χ2v) is 2.26. The maximum absolute atomic E-state index is 9.22. The van der Waals surface area contributed by atoms with Crippen molar-refractivity contribution in [2.75, 3.05) is 11.9 Å². The predicted octanol–water partition coefficient (Wildman–Crippen LogP) is 1.14. The largest absolute Gasteiger partial charge is 0.508 e. The van der Waals surface area contributed by atoms with Crippen LogP contribution in [-0.4, -0.2) is 16.8 Å². The summed E-state index contributed by atoms with van der Waals surface area (Å²) in [5.74, 6) is 2.52. The Morgan fingerprint density at radius 1 is 1.42 bits per heavy atom. The van der Waals surface area contributed by atoms with E-state index in [0.717, 1.165) is 0 Å². The van der Waals surface area contributed by atoms with E-state index in [0.29, 0.717) is 12.2 Å². The molecule has 1 rings (SSSR count). The number of anilines is 1. The van der Waals surface area contributed by atoms with E-state index in [2.05, 4.69) is 11.2 Å². The Kier molecular flexibility index (Phi) is 2.44. The fourth-order valence-corrected chi connectivity index (χ4v) is 0.812. The first-order chi connectivity index (χ1) is 5.74. The van der Waals surface area contributed by atoms with E-state index in [4.69, 9.17) is 11.5 Å². The summed E-state index contributed by atoms with van der Waals surface area (Å²) >= 11 is 0. The number of hydrogen-bond donors (Lipinski definition) is 3. The van der Waals surface area contributed by atoms with E-state index >= 15 is 0 Å². The quantitative estimate of drug-likeness (QED) is 0.348. The van der Waals surface area contributed by atoms with Crippen LogP contribution in [0.25, 0.3) is 0 Å². The van der Waals surface area contributed by atoms with E-state index < -0.39 is 0 Å².